The van der Waals surface area contributed by atoms with Gasteiger partial charge in [0.2, 0.25) is 0 Å². The standard InChI is InChI=1S/C17H27FN2.ClH/c1-3-17(15-4-6-16(18)7-5-15)20-12-9-14(10-13-20)8-11-19-2;/h4-7,14,17,19H,3,8-13H2,1-2H3;1H. The van der Waals surface area contributed by atoms with E-state index < -0.39 is 0 Å². The molecule has 1 aromatic carbocycles. The molecule has 0 aliphatic carbocycles. The van der Waals surface area contributed by atoms with Crippen molar-refractivity contribution in [3.8, 4) is 0 Å². The van der Waals surface area contributed by atoms with Crippen molar-refractivity contribution < 1.29 is 4.39 Å². The van der Waals surface area contributed by atoms with Crippen molar-refractivity contribution in [2.75, 3.05) is 26.7 Å². The Bertz CT molecular complexity index is 388. The monoisotopic (exact) mass is 314 g/mol. The number of nitrogens with zero attached hydrogens (tertiary/aromatic N) is 1. The Labute approximate surface area is 134 Å². The molecule has 21 heavy (non-hydrogen) atoms. The van der Waals surface area contributed by atoms with E-state index in [0.29, 0.717) is 6.04 Å². The van der Waals surface area contributed by atoms with Gasteiger partial charge in [-0.1, -0.05) is 19.1 Å². The van der Waals surface area contributed by atoms with E-state index in [1.165, 1.54) is 37.9 Å². The molecule has 0 spiro atoms. The van der Waals surface area contributed by atoms with Crippen LogP contribution in [0, 0.1) is 11.7 Å². The van der Waals surface area contributed by atoms with Crippen molar-refractivity contribution in [3.63, 3.8) is 0 Å². The molecule has 4 heteroatoms. The van der Waals surface area contributed by atoms with Crippen LogP contribution < -0.4 is 5.32 Å². The number of hydrogen-bond acceptors (Lipinski definition) is 2. The summed E-state index contributed by atoms with van der Waals surface area (Å²) in [7, 11) is 2.02. The molecule has 1 aliphatic heterocycles. The van der Waals surface area contributed by atoms with Gasteiger partial charge >= 0.3 is 0 Å². The third-order valence-corrected chi connectivity index (χ3v) is 4.53. The molecule has 120 valence electrons. The summed E-state index contributed by atoms with van der Waals surface area (Å²) in [5, 5.41) is 3.24. The number of nitrogens with one attached hydrogen (secondary N) is 1. The molecule has 1 saturated heterocycles. The zero-order valence-corrected chi connectivity index (χ0v) is 14.0. The molecule has 1 aliphatic rings. The lowest BCUT2D eigenvalue weighted by atomic mass is 9.91. The van der Waals surface area contributed by atoms with E-state index in [2.05, 4.69) is 17.1 Å². The molecule has 0 radical (unpaired) electrons. The minimum atomic E-state index is -0.144. The van der Waals surface area contributed by atoms with Gasteiger partial charge in [0.05, 0.1) is 0 Å². The van der Waals surface area contributed by atoms with Crippen LogP contribution in [0.15, 0.2) is 24.3 Å². The number of halogens is 2. The normalized spacial score (nSPS) is 18.2. The first-order chi connectivity index (χ1) is 9.74. The zero-order valence-electron chi connectivity index (χ0n) is 13.1. The van der Waals surface area contributed by atoms with Crippen molar-refractivity contribution in [2.24, 2.45) is 5.92 Å². The van der Waals surface area contributed by atoms with Gasteiger partial charge in [0.25, 0.3) is 0 Å². The molecule has 1 atom stereocenters. The topological polar surface area (TPSA) is 15.3 Å². The summed E-state index contributed by atoms with van der Waals surface area (Å²) >= 11 is 0. The van der Waals surface area contributed by atoms with Gasteiger partial charge in [-0.2, -0.15) is 0 Å². The van der Waals surface area contributed by atoms with Crippen LogP contribution in [0.25, 0.3) is 0 Å². The maximum atomic E-state index is 13.0. The molecule has 1 unspecified atom stereocenters. The number of piperidine rings is 1. The van der Waals surface area contributed by atoms with Crippen LogP contribution in [0.3, 0.4) is 0 Å². The molecular weight excluding hydrogens is 287 g/mol. The van der Waals surface area contributed by atoms with E-state index in [9.17, 15) is 4.39 Å². The third-order valence-electron chi connectivity index (χ3n) is 4.53. The van der Waals surface area contributed by atoms with Gasteiger partial charge in [-0.05, 0) is 76.0 Å². The lowest BCUT2D eigenvalue weighted by Gasteiger charge is -2.37. The van der Waals surface area contributed by atoms with Crippen molar-refractivity contribution in [1.29, 1.82) is 0 Å². The molecule has 0 aromatic heterocycles. The summed E-state index contributed by atoms with van der Waals surface area (Å²) in [5.74, 6) is 0.721. The highest BCUT2D eigenvalue weighted by molar-refractivity contribution is 5.85. The van der Waals surface area contributed by atoms with Gasteiger partial charge in [-0.3, -0.25) is 4.90 Å². The van der Waals surface area contributed by atoms with Crippen LogP contribution in [0.2, 0.25) is 0 Å². The fourth-order valence-corrected chi connectivity index (χ4v) is 3.29. The van der Waals surface area contributed by atoms with Crippen molar-refractivity contribution in [1.82, 2.24) is 10.2 Å². The molecule has 0 bridgehead atoms. The van der Waals surface area contributed by atoms with Crippen LogP contribution >= 0.6 is 12.4 Å². The van der Waals surface area contributed by atoms with Gasteiger partial charge in [0.15, 0.2) is 0 Å². The van der Waals surface area contributed by atoms with Gasteiger partial charge in [-0.25, -0.2) is 4.39 Å². The first-order valence-electron chi connectivity index (χ1n) is 7.88. The average molecular weight is 315 g/mol. The van der Waals surface area contributed by atoms with Crippen LogP contribution in [0.4, 0.5) is 4.39 Å². The lowest BCUT2D eigenvalue weighted by molar-refractivity contribution is 0.126. The Morgan fingerprint density at radius 3 is 2.38 bits per heavy atom. The summed E-state index contributed by atoms with van der Waals surface area (Å²) in [6, 6.07) is 7.49. The van der Waals surface area contributed by atoms with Gasteiger partial charge in [0.1, 0.15) is 5.82 Å². The second kappa shape index (κ2) is 9.39. The molecule has 2 rings (SSSR count). The van der Waals surface area contributed by atoms with E-state index in [1.807, 2.05) is 19.2 Å². The maximum absolute atomic E-state index is 13.0. The molecule has 0 saturated carbocycles. The predicted octanol–water partition coefficient (Wildman–Crippen LogP) is 4.02. The summed E-state index contributed by atoms with van der Waals surface area (Å²) in [6.45, 7) is 5.69. The van der Waals surface area contributed by atoms with E-state index in [4.69, 9.17) is 0 Å². The number of benzene rings is 1. The van der Waals surface area contributed by atoms with Crippen LogP contribution in [-0.4, -0.2) is 31.6 Å². The first kappa shape index (κ1) is 18.4. The first-order valence-corrected chi connectivity index (χ1v) is 7.88. The Morgan fingerprint density at radius 2 is 1.86 bits per heavy atom. The largest absolute Gasteiger partial charge is 0.320 e. The number of likely N-dealkylation sites (tertiary alicyclic amines) is 1. The minimum Gasteiger partial charge on any atom is -0.320 e. The van der Waals surface area contributed by atoms with Crippen LogP contribution in [-0.2, 0) is 0 Å². The number of rotatable bonds is 6. The Balaban J connectivity index is 0.00000220. The maximum Gasteiger partial charge on any atom is 0.123 e. The molecule has 2 nitrogen and oxygen atoms in total. The second-order valence-electron chi connectivity index (χ2n) is 5.85. The minimum absolute atomic E-state index is 0. The van der Waals surface area contributed by atoms with Crippen molar-refractivity contribution >= 4 is 12.4 Å². The highest BCUT2D eigenvalue weighted by atomic mass is 35.5. The molecule has 1 fully saturated rings. The SMILES string of the molecule is CCC(c1ccc(F)cc1)N1CCC(CCNC)CC1.Cl. The van der Waals surface area contributed by atoms with E-state index in [0.717, 1.165) is 18.9 Å². The second-order valence-corrected chi connectivity index (χ2v) is 5.85. The molecule has 1 heterocycles. The summed E-state index contributed by atoms with van der Waals surface area (Å²) in [6.07, 6.45) is 4.96. The third kappa shape index (κ3) is 5.24. The van der Waals surface area contributed by atoms with E-state index >= 15 is 0 Å². The highest BCUT2D eigenvalue weighted by Gasteiger charge is 2.24. The fraction of sp³-hybridized carbons (Fsp3) is 0.647. The average Bonchev–Trinajstić information content (AvgIpc) is 2.49. The Morgan fingerprint density at radius 1 is 1.24 bits per heavy atom. The smallest absolute Gasteiger partial charge is 0.123 e. The highest BCUT2D eigenvalue weighted by Crippen LogP contribution is 2.30. The van der Waals surface area contributed by atoms with E-state index in [1.54, 1.807) is 12.1 Å². The Hall–Kier alpha value is -0.640. The van der Waals surface area contributed by atoms with Gasteiger partial charge < -0.3 is 5.32 Å². The zero-order chi connectivity index (χ0) is 14.4. The molecule has 1 aromatic rings. The van der Waals surface area contributed by atoms with E-state index in [-0.39, 0.29) is 18.2 Å². The summed E-state index contributed by atoms with van der Waals surface area (Å²) < 4.78 is 13.0. The lowest BCUT2D eigenvalue weighted by Crippen LogP contribution is -2.37. The fourth-order valence-electron chi connectivity index (χ4n) is 3.29. The number of hydrogen-bond donors (Lipinski definition) is 1. The molecule has 1 N–H and O–H groups in total. The predicted molar refractivity (Wildman–Crippen MR) is 89.5 cm³/mol. The summed E-state index contributed by atoms with van der Waals surface area (Å²) in [4.78, 5) is 2.57. The molecular formula is C17H28ClFN2. The Kier molecular flexibility index (Phi) is 8.23. The van der Waals surface area contributed by atoms with Crippen LogP contribution in [0.5, 0.6) is 0 Å². The molecule has 0 amide bonds. The van der Waals surface area contributed by atoms with Gasteiger partial charge in [0, 0.05) is 6.04 Å². The van der Waals surface area contributed by atoms with Crippen molar-refractivity contribution in [2.45, 2.75) is 38.6 Å². The van der Waals surface area contributed by atoms with Crippen LogP contribution in [0.1, 0.15) is 44.2 Å². The van der Waals surface area contributed by atoms with Crippen molar-refractivity contribution in [3.05, 3.63) is 35.6 Å². The quantitative estimate of drug-likeness (QED) is 0.853. The van der Waals surface area contributed by atoms with Gasteiger partial charge in [-0.15, -0.1) is 12.4 Å². The summed E-state index contributed by atoms with van der Waals surface area (Å²) in [5.41, 5.74) is 1.25.